The Morgan fingerprint density at radius 3 is 2.67 bits per heavy atom. The van der Waals surface area contributed by atoms with Gasteiger partial charge in [0.15, 0.2) is 0 Å². The fourth-order valence-corrected chi connectivity index (χ4v) is 2.05. The van der Waals surface area contributed by atoms with Crippen LogP contribution in [0.2, 0.25) is 0 Å². The summed E-state index contributed by atoms with van der Waals surface area (Å²) in [6.45, 7) is 8.87. The summed E-state index contributed by atoms with van der Waals surface area (Å²) in [5.74, 6) is 0. The molecule has 0 saturated heterocycles. The van der Waals surface area contributed by atoms with Gasteiger partial charge in [-0.1, -0.05) is 62.8 Å². The van der Waals surface area contributed by atoms with Crippen LogP contribution in [0.3, 0.4) is 0 Å². The zero-order valence-electron chi connectivity index (χ0n) is 10.4. The Morgan fingerprint density at radius 1 is 1.33 bits per heavy atom. The minimum Gasteiger partial charge on any atom is -0.0877 e. The molecule has 0 unspecified atom stereocenters. The molecule has 0 heteroatoms. The van der Waals surface area contributed by atoms with Crippen LogP contribution in [0.25, 0.3) is 0 Å². The molecule has 0 aromatic rings. The van der Waals surface area contributed by atoms with Crippen molar-refractivity contribution in [2.24, 2.45) is 5.41 Å². The van der Waals surface area contributed by atoms with Crippen molar-refractivity contribution in [3.63, 3.8) is 0 Å². The predicted octanol–water partition coefficient (Wildman–Crippen LogP) is 4.81. The van der Waals surface area contributed by atoms with Crippen molar-refractivity contribution in [3.05, 3.63) is 47.6 Å². The van der Waals surface area contributed by atoms with Crippen LogP contribution < -0.4 is 0 Å². The van der Waals surface area contributed by atoms with Gasteiger partial charge in [0.1, 0.15) is 0 Å². The number of allylic oxidation sites excluding steroid dienone is 8. The lowest BCUT2D eigenvalue weighted by Crippen LogP contribution is -2.11. The van der Waals surface area contributed by atoms with Crippen LogP contribution in [-0.2, 0) is 0 Å². The number of hydrogen-bond donors (Lipinski definition) is 0. The first-order valence-corrected chi connectivity index (χ1v) is 5.82. The van der Waals surface area contributed by atoms with Gasteiger partial charge in [-0.3, -0.25) is 0 Å². The van der Waals surface area contributed by atoms with E-state index in [9.17, 15) is 0 Å². The summed E-state index contributed by atoms with van der Waals surface area (Å²) in [5.41, 5.74) is 3.24. The fraction of sp³-hybridized carbons (Fsp3) is 0.467. The van der Waals surface area contributed by atoms with Gasteiger partial charge in [-0.25, -0.2) is 0 Å². The Morgan fingerprint density at radius 2 is 2.07 bits per heavy atom. The molecule has 0 atom stereocenters. The van der Waals surface area contributed by atoms with Crippen molar-refractivity contribution in [2.75, 3.05) is 0 Å². The van der Waals surface area contributed by atoms with Gasteiger partial charge >= 0.3 is 0 Å². The van der Waals surface area contributed by atoms with Gasteiger partial charge in [0, 0.05) is 5.41 Å². The molecule has 0 spiro atoms. The van der Waals surface area contributed by atoms with E-state index in [0.717, 1.165) is 12.8 Å². The normalized spacial score (nSPS) is 23.2. The first-order valence-electron chi connectivity index (χ1n) is 5.82. The number of rotatable bonds is 3. The fourth-order valence-electron chi connectivity index (χ4n) is 2.05. The summed E-state index contributed by atoms with van der Waals surface area (Å²) >= 11 is 0. The van der Waals surface area contributed by atoms with Crippen LogP contribution >= 0.6 is 0 Å². The van der Waals surface area contributed by atoms with Gasteiger partial charge in [0.2, 0.25) is 0 Å². The van der Waals surface area contributed by atoms with Crippen molar-refractivity contribution in [2.45, 2.75) is 40.5 Å². The van der Waals surface area contributed by atoms with E-state index in [0.29, 0.717) is 0 Å². The first-order chi connectivity index (χ1) is 7.12. The molecule has 0 nitrogen and oxygen atoms in total. The van der Waals surface area contributed by atoms with E-state index >= 15 is 0 Å². The molecule has 82 valence electrons. The molecule has 0 bridgehead atoms. The lowest BCUT2D eigenvalue weighted by Gasteiger charge is -2.23. The van der Waals surface area contributed by atoms with Crippen molar-refractivity contribution in [3.8, 4) is 0 Å². The van der Waals surface area contributed by atoms with E-state index in [1.807, 2.05) is 6.92 Å². The van der Waals surface area contributed by atoms with Gasteiger partial charge in [-0.05, 0) is 25.3 Å². The Labute approximate surface area is 94.1 Å². The predicted molar refractivity (Wildman–Crippen MR) is 68.8 cm³/mol. The lowest BCUT2D eigenvalue weighted by molar-refractivity contribution is 0.564. The van der Waals surface area contributed by atoms with Crippen LogP contribution in [0.5, 0.6) is 0 Å². The van der Waals surface area contributed by atoms with E-state index in [1.54, 1.807) is 5.57 Å². The molecule has 0 saturated carbocycles. The molecular weight excluding hydrogens is 180 g/mol. The van der Waals surface area contributed by atoms with Crippen LogP contribution in [-0.4, -0.2) is 0 Å². The molecular formula is C15H22. The minimum absolute atomic E-state index is 0.230. The second-order valence-corrected chi connectivity index (χ2v) is 4.51. The van der Waals surface area contributed by atoms with Crippen LogP contribution in [0, 0.1) is 5.41 Å². The van der Waals surface area contributed by atoms with E-state index < -0.39 is 0 Å². The molecule has 15 heavy (non-hydrogen) atoms. The highest BCUT2D eigenvalue weighted by Crippen LogP contribution is 2.43. The van der Waals surface area contributed by atoms with Crippen molar-refractivity contribution in [1.82, 2.24) is 0 Å². The summed E-state index contributed by atoms with van der Waals surface area (Å²) in [5, 5.41) is 0. The zero-order chi connectivity index (χ0) is 11.3. The molecule has 0 aromatic carbocycles. The second-order valence-electron chi connectivity index (χ2n) is 4.51. The van der Waals surface area contributed by atoms with Gasteiger partial charge in [0.25, 0.3) is 0 Å². The van der Waals surface area contributed by atoms with E-state index in [4.69, 9.17) is 0 Å². The third-order valence-corrected chi connectivity index (χ3v) is 3.10. The molecule has 0 N–H and O–H groups in total. The first kappa shape index (κ1) is 12.0. The average molecular weight is 202 g/mol. The Balaban J connectivity index is 2.82. The van der Waals surface area contributed by atoms with Crippen LogP contribution in [0.15, 0.2) is 47.6 Å². The zero-order valence-corrected chi connectivity index (χ0v) is 10.4. The van der Waals surface area contributed by atoms with Gasteiger partial charge in [-0.15, -0.1) is 0 Å². The van der Waals surface area contributed by atoms with Crippen molar-refractivity contribution < 1.29 is 0 Å². The second kappa shape index (κ2) is 5.16. The van der Waals surface area contributed by atoms with Crippen LogP contribution in [0.1, 0.15) is 40.5 Å². The summed E-state index contributed by atoms with van der Waals surface area (Å²) in [6.07, 6.45) is 15.5. The molecule has 0 fully saturated rings. The maximum absolute atomic E-state index is 2.37. The molecule has 0 amide bonds. The van der Waals surface area contributed by atoms with Gasteiger partial charge in [-0.2, -0.15) is 0 Å². The Kier molecular flexibility index (Phi) is 4.14. The largest absolute Gasteiger partial charge is 0.0877 e. The molecule has 0 heterocycles. The van der Waals surface area contributed by atoms with E-state index in [-0.39, 0.29) is 5.41 Å². The van der Waals surface area contributed by atoms with Gasteiger partial charge in [0.05, 0.1) is 0 Å². The smallest absolute Gasteiger partial charge is 0.0105 e. The maximum atomic E-state index is 2.37. The van der Waals surface area contributed by atoms with Crippen molar-refractivity contribution in [1.29, 1.82) is 0 Å². The van der Waals surface area contributed by atoms with Crippen molar-refractivity contribution >= 4 is 0 Å². The van der Waals surface area contributed by atoms with E-state index in [2.05, 4.69) is 57.2 Å². The minimum atomic E-state index is 0.230. The molecule has 1 aliphatic rings. The van der Waals surface area contributed by atoms with Gasteiger partial charge < -0.3 is 0 Å². The maximum Gasteiger partial charge on any atom is 0.0105 e. The summed E-state index contributed by atoms with van der Waals surface area (Å²) in [4.78, 5) is 0. The standard InChI is InChI=1S/C15H22/c1-5-7-8-10-14-12-11-13(9-6-2)15(14,3)4/h5,7-10,12H,6,11H2,1-4H3/b7-5-,10-8-,13-9+. The topological polar surface area (TPSA) is 0 Å². The third kappa shape index (κ3) is 2.71. The highest BCUT2D eigenvalue weighted by molar-refractivity contribution is 5.42. The summed E-state index contributed by atoms with van der Waals surface area (Å²) in [6, 6.07) is 0. The Bertz CT molecular complexity index is 322. The molecule has 1 rings (SSSR count). The molecule has 0 radical (unpaired) electrons. The molecule has 1 aliphatic carbocycles. The highest BCUT2D eigenvalue weighted by atomic mass is 14.3. The quantitative estimate of drug-likeness (QED) is 0.455. The summed E-state index contributed by atoms with van der Waals surface area (Å²) < 4.78 is 0. The lowest BCUT2D eigenvalue weighted by atomic mass is 9.81. The third-order valence-electron chi connectivity index (χ3n) is 3.10. The monoisotopic (exact) mass is 202 g/mol. The number of hydrogen-bond acceptors (Lipinski definition) is 0. The molecule has 0 aromatic heterocycles. The average Bonchev–Trinajstić information content (AvgIpc) is 2.46. The van der Waals surface area contributed by atoms with Crippen LogP contribution in [0.4, 0.5) is 0 Å². The SMILES string of the molecule is C/C=C\C=C/C1=CC/C(=C\CC)C1(C)C. The molecule has 0 aliphatic heterocycles. The summed E-state index contributed by atoms with van der Waals surface area (Å²) in [7, 11) is 0. The highest BCUT2D eigenvalue weighted by Gasteiger charge is 2.29. The Hall–Kier alpha value is -1.04. The van der Waals surface area contributed by atoms with E-state index in [1.165, 1.54) is 5.57 Å².